The zero-order chi connectivity index (χ0) is 12.3. The van der Waals surface area contributed by atoms with Crippen molar-refractivity contribution in [1.82, 2.24) is 4.90 Å². The summed E-state index contributed by atoms with van der Waals surface area (Å²) in [4.78, 5) is 2.49. The second-order valence-electron chi connectivity index (χ2n) is 5.09. The minimum Gasteiger partial charge on any atom is -0.326 e. The Morgan fingerprint density at radius 2 is 2.06 bits per heavy atom. The molecule has 2 rings (SSSR count). The van der Waals surface area contributed by atoms with Crippen LogP contribution in [0.25, 0.3) is 0 Å². The Balaban J connectivity index is 1.99. The fraction of sp³-hybridized carbons (Fsp3) is 0.571. The second kappa shape index (κ2) is 5.85. The van der Waals surface area contributed by atoms with Crippen molar-refractivity contribution in [1.29, 1.82) is 0 Å². The molecule has 1 aliphatic rings. The van der Waals surface area contributed by atoms with Crippen LogP contribution >= 0.6 is 11.6 Å². The molecule has 1 aromatic rings. The highest BCUT2D eigenvalue weighted by Crippen LogP contribution is 2.22. The van der Waals surface area contributed by atoms with Crippen molar-refractivity contribution in [2.75, 3.05) is 13.1 Å². The Kier molecular flexibility index (Phi) is 4.43. The highest BCUT2D eigenvalue weighted by molar-refractivity contribution is 6.31. The van der Waals surface area contributed by atoms with Gasteiger partial charge < -0.3 is 5.73 Å². The van der Waals surface area contributed by atoms with Gasteiger partial charge in [0.2, 0.25) is 0 Å². The third-order valence-corrected chi connectivity index (χ3v) is 3.98. The van der Waals surface area contributed by atoms with E-state index in [9.17, 15) is 0 Å². The van der Waals surface area contributed by atoms with Crippen LogP contribution in [0.5, 0.6) is 0 Å². The summed E-state index contributed by atoms with van der Waals surface area (Å²) in [6, 6.07) is 6.18. The summed E-state index contributed by atoms with van der Waals surface area (Å²) in [6.45, 7) is 6.24. The fourth-order valence-electron chi connectivity index (χ4n) is 2.31. The molecular weight excluding hydrogens is 232 g/mol. The molecule has 0 saturated carbocycles. The molecule has 0 aromatic heterocycles. The predicted octanol–water partition coefficient (Wildman–Crippen LogP) is 3.03. The summed E-state index contributed by atoms with van der Waals surface area (Å²) in [6.07, 6.45) is 2.61. The van der Waals surface area contributed by atoms with Gasteiger partial charge in [0, 0.05) is 18.1 Å². The van der Waals surface area contributed by atoms with Gasteiger partial charge in [-0.05, 0) is 49.0 Å². The Labute approximate surface area is 109 Å². The topological polar surface area (TPSA) is 29.3 Å². The van der Waals surface area contributed by atoms with Gasteiger partial charge in [-0.3, -0.25) is 4.90 Å². The highest BCUT2D eigenvalue weighted by Gasteiger charge is 2.16. The van der Waals surface area contributed by atoms with Crippen molar-refractivity contribution in [2.45, 2.75) is 32.9 Å². The van der Waals surface area contributed by atoms with Gasteiger partial charge in [-0.2, -0.15) is 0 Å². The molecule has 1 aliphatic heterocycles. The maximum Gasteiger partial charge on any atom is 0.0454 e. The average Bonchev–Trinajstić information content (AvgIpc) is 2.34. The molecule has 2 N–H and O–H groups in total. The summed E-state index contributed by atoms with van der Waals surface area (Å²) in [5.41, 5.74) is 7.92. The summed E-state index contributed by atoms with van der Waals surface area (Å²) in [7, 11) is 0. The van der Waals surface area contributed by atoms with Gasteiger partial charge in [0.05, 0.1) is 0 Å². The molecule has 3 heteroatoms. The van der Waals surface area contributed by atoms with Crippen LogP contribution in [0.1, 0.15) is 30.9 Å². The maximum absolute atomic E-state index is 6.27. The number of benzene rings is 1. The number of halogens is 1. The van der Waals surface area contributed by atoms with Crippen LogP contribution in [0.3, 0.4) is 0 Å². The van der Waals surface area contributed by atoms with Crippen LogP contribution < -0.4 is 5.73 Å². The lowest BCUT2D eigenvalue weighted by atomic mass is 9.99. The second-order valence-corrected chi connectivity index (χ2v) is 5.50. The van der Waals surface area contributed by atoms with Gasteiger partial charge in [0.25, 0.3) is 0 Å². The molecule has 0 amide bonds. The van der Waals surface area contributed by atoms with Crippen LogP contribution in [0.4, 0.5) is 0 Å². The molecule has 17 heavy (non-hydrogen) atoms. The van der Waals surface area contributed by atoms with Crippen LogP contribution in [0, 0.1) is 5.92 Å². The van der Waals surface area contributed by atoms with E-state index in [2.05, 4.69) is 24.0 Å². The zero-order valence-corrected chi connectivity index (χ0v) is 11.2. The molecule has 1 saturated heterocycles. The lowest BCUT2D eigenvalue weighted by Crippen LogP contribution is -2.32. The minimum atomic E-state index is 0.557. The average molecular weight is 253 g/mol. The molecule has 1 aromatic carbocycles. The van der Waals surface area contributed by atoms with Crippen molar-refractivity contribution < 1.29 is 0 Å². The van der Waals surface area contributed by atoms with E-state index >= 15 is 0 Å². The molecule has 0 bridgehead atoms. The Morgan fingerprint density at radius 3 is 2.65 bits per heavy atom. The van der Waals surface area contributed by atoms with E-state index in [0.29, 0.717) is 6.54 Å². The van der Waals surface area contributed by atoms with Gasteiger partial charge in [0.1, 0.15) is 0 Å². The number of nitrogens with two attached hydrogens (primary N) is 1. The first-order chi connectivity index (χ1) is 8.19. The number of hydrogen-bond donors (Lipinski definition) is 1. The molecule has 1 heterocycles. The Morgan fingerprint density at radius 1 is 1.35 bits per heavy atom. The number of nitrogens with zero attached hydrogens (tertiary/aromatic N) is 1. The SMILES string of the molecule is CC1CCN(Cc2ccc(CN)cc2Cl)CC1. The van der Waals surface area contributed by atoms with Crippen LogP contribution in [-0.4, -0.2) is 18.0 Å². The standard InChI is InChI=1S/C14H21ClN2/c1-11-4-6-17(7-5-11)10-13-3-2-12(9-16)8-14(13)15/h2-3,8,11H,4-7,9-10,16H2,1H3. The van der Waals surface area contributed by atoms with Gasteiger partial charge in [-0.25, -0.2) is 0 Å². The van der Waals surface area contributed by atoms with Crippen molar-refractivity contribution in [2.24, 2.45) is 11.7 Å². The van der Waals surface area contributed by atoms with E-state index in [1.165, 1.54) is 31.5 Å². The maximum atomic E-state index is 6.27. The molecule has 0 atom stereocenters. The fourth-order valence-corrected chi connectivity index (χ4v) is 2.57. The summed E-state index contributed by atoms with van der Waals surface area (Å²) in [5.74, 6) is 0.876. The molecule has 0 spiro atoms. The number of rotatable bonds is 3. The minimum absolute atomic E-state index is 0.557. The molecule has 94 valence electrons. The highest BCUT2D eigenvalue weighted by atomic mass is 35.5. The number of hydrogen-bond acceptors (Lipinski definition) is 2. The van der Waals surface area contributed by atoms with Crippen LogP contribution in [0.15, 0.2) is 18.2 Å². The molecule has 0 unspecified atom stereocenters. The summed E-state index contributed by atoms with van der Waals surface area (Å²) in [5, 5.41) is 0.853. The molecular formula is C14H21ClN2. The lowest BCUT2D eigenvalue weighted by Gasteiger charge is -2.30. The zero-order valence-electron chi connectivity index (χ0n) is 10.5. The summed E-state index contributed by atoms with van der Waals surface area (Å²) >= 11 is 6.27. The van der Waals surface area contributed by atoms with E-state index in [-0.39, 0.29) is 0 Å². The van der Waals surface area contributed by atoms with Crippen LogP contribution in [0.2, 0.25) is 5.02 Å². The first-order valence-corrected chi connectivity index (χ1v) is 6.76. The van der Waals surface area contributed by atoms with Crippen molar-refractivity contribution in [3.05, 3.63) is 34.3 Å². The first kappa shape index (κ1) is 12.9. The van der Waals surface area contributed by atoms with E-state index in [1.54, 1.807) is 0 Å². The number of likely N-dealkylation sites (tertiary alicyclic amines) is 1. The van der Waals surface area contributed by atoms with E-state index in [0.717, 1.165) is 23.0 Å². The molecule has 0 radical (unpaired) electrons. The smallest absolute Gasteiger partial charge is 0.0454 e. The van der Waals surface area contributed by atoms with E-state index in [1.807, 2.05) is 6.07 Å². The van der Waals surface area contributed by atoms with E-state index < -0.39 is 0 Å². The van der Waals surface area contributed by atoms with Crippen LogP contribution in [-0.2, 0) is 13.1 Å². The Hall–Kier alpha value is -0.570. The monoisotopic (exact) mass is 252 g/mol. The summed E-state index contributed by atoms with van der Waals surface area (Å²) < 4.78 is 0. The molecule has 1 fully saturated rings. The number of piperidine rings is 1. The third kappa shape index (κ3) is 3.44. The van der Waals surface area contributed by atoms with Crippen molar-refractivity contribution >= 4 is 11.6 Å². The predicted molar refractivity (Wildman–Crippen MR) is 73.0 cm³/mol. The Bertz CT molecular complexity index is 370. The lowest BCUT2D eigenvalue weighted by molar-refractivity contribution is 0.185. The normalized spacial score (nSPS) is 18.5. The quantitative estimate of drug-likeness (QED) is 0.896. The largest absolute Gasteiger partial charge is 0.326 e. The van der Waals surface area contributed by atoms with Gasteiger partial charge >= 0.3 is 0 Å². The van der Waals surface area contributed by atoms with Gasteiger partial charge in [0.15, 0.2) is 0 Å². The third-order valence-electron chi connectivity index (χ3n) is 3.62. The molecule has 2 nitrogen and oxygen atoms in total. The van der Waals surface area contributed by atoms with Gasteiger partial charge in [-0.15, -0.1) is 0 Å². The van der Waals surface area contributed by atoms with Crippen molar-refractivity contribution in [3.8, 4) is 0 Å². The molecule has 0 aliphatic carbocycles. The van der Waals surface area contributed by atoms with Crippen molar-refractivity contribution in [3.63, 3.8) is 0 Å². The first-order valence-electron chi connectivity index (χ1n) is 6.38. The van der Waals surface area contributed by atoms with Gasteiger partial charge in [-0.1, -0.05) is 30.7 Å². The van der Waals surface area contributed by atoms with E-state index in [4.69, 9.17) is 17.3 Å².